The fourth-order valence-electron chi connectivity index (χ4n) is 3.05. The standard InChI is InChI=1S/C20H20N2O4/c23-20(17-5-2-1-3-6-17)26-14-4-11-21-12-10-18-15-16(7-8-19(18)21)9-13-22(24)25/h1-3,5-9,13,15H,4,10-12,14H2. The van der Waals surface area contributed by atoms with Crippen LogP contribution in [-0.2, 0) is 11.2 Å². The zero-order valence-corrected chi connectivity index (χ0v) is 14.3. The Balaban J connectivity index is 1.49. The maximum atomic E-state index is 11.9. The largest absolute Gasteiger partial charge is 0.462 e. The number of carbonyl (C=O) groups excluding carboxylic acids is 1. The molecule has 1 aliphatic rings. The van der Waals surface area contributed by atoms with Gasteiger partial charge in [0, 0.05) is 24.9 Å². The number of hydrogen-bond donors (Lipinski definition) is 0. The number of carbonyl (C=O) groups is 1. The summed E-state index contributed by atoms with van der Waals surface area (Å²) in [5.74, 6) is -0.297. The monoisotopic (exact) mass is 352 g/mol. The Morgan fingerprint density at radius 2 is 2.04 bits per heavy atom. The zero-order chi connectivity index (χ0) is 18.4. The van der Waals surface area contributed by atoms with Crippen molar-refractivity contribution in [2.24, 2.45) is 0 Å². The van der Waals surface area contributed by atoms with Crippen LogP contribution >= 0.6 is 0 Å². The number of ether oxygens (including phenoxy) is 1. The fraction of sp³-hybridized carbons (Fsp3) is 0.250. The van der Waals surface area contributed by atoms with Gasteiger partial charge in [0.25, 0.3) is 0 Å². The molecule has 0 aliphatic carbocycles. The Morgan fingerprint density at radius 3 is 2.81 bits per heavy atom. The molecule has 0 amide bonds. The molecule has 134 valence electrons. The van der Waals surface area contributed by atoms with Crippen molar-refractivity contribution in [1.82, 2.24) is 0 Å². The summed E-state index contributed by atoms with van der Waals surface area (Å²) < 4.78 is 5.31. The molecule has 0 spiro atoms. The molecule has 2 aromatic carbocycles. The van der Waals surface area contributed by atoms with Crippen molar-refractivity contribution in [1.29, 1.82) is 0 Å². The number of fused-ring (bicyclic) bond motifs is 1. The number of nitrogens with zero attached hydrogens (tertiary/aromatic N) is 2. The van der Waals surface area contributed by atoms with Gasteiger partial charge in [-0.15, -0.1) is 0 Å². The Hall–Kier alpha value is -3.15. The normalized spacial score (nSPS) is 13.0. The predicted molar refractivity (Wildman–Crippen MR) is 99.7 cm³/mol. The van der Waals surface area contributed by atoms with E-state index < -0.39 is 4.92 Å². The first-order valence-electron chi connectivity index (χ1n) is 8.55. The van der Waals surface area contributed by atoms with Gasteiger partial charge in [0.05, 0.1) is 17.1 Å². The van der Waals surface area contributed by atoms with Crippen LogP contribution in [-0.4, -0.2) is 30.6 Å². The van der Waals surface area contributed by atoms with E-state index in [0.717, 1.165) is 43.4 Å². The first-order valence-corrected chi connectivity index (χ1v) is 8.55. The van der Waals surface area contributed by atoms with Crippen molar-refractivity contribution < 1.29 is 14.5 Å². The molecule has 3 rings (SSSR count). The van der Waals surface area contributed by atoms with Gasteiger partial charge in [0.15, 0.2) is 0 Å². The number of rotatable bonds is 7. The number of hydrogen-bond acceptors (Lipinski definition) is 5. The second-order valence-electron chi connectivity index (χ2n) is 6.08. The quantitative estimate of drug-likeness (QED) is 0.330. The first kappa shape index (κ1) is 17.7. The van der Waals surface area contributed by atoms with E-state index in [2.05, 4.69) is 4.90 Å². The lowest BCUT2D eigenvalue weighted by atomic mass is 10.1. The Kier molecular flexibility index (Phi) is 5.63. The second kappa shape index (κ2) is 8.29. The summed E-state index contributed by atoms with van der Waals surface area (Å²) in [5, 5.41) is 10.4. The van der Waals surface area contributed by atoms with Gasteiger partial charge in [0.1, 0.15) is 0 Å². The van der Waals surface area contributed by atoms with E-state index in [0.29, 0.717) is 12.2 Å². The van der Waals surface area contributed by atoms with Crippen molar-refractivity contribution in [3.63, 3.8) is 0 Å². The van der Waals surface area contributed by atoms with Gasteiger partial charge in [-0.25, -0.2) is 4.79 Å². The Morgan fingerprint density at radius 1 is 1.23 bits per heavy atom. The average Bonchev–Trinajstić information content (AvgIpc) is 3.06. The Labute approximate surface area is 151 Å². The molecule has 0 unspecified atom stereocenters. The highest BCUT2D eigenvalue weighted by Crippen LogP contribution is 2.29. The van der Waals surface area contributed by atoms with Crippen LogP contribution in [0, 0.1) is 10.1 Å². The minimum absolute atomic E-state index is 0.297. The summed E-state index contributed by atoms with van der Waals surface area (Å²) in [6, 6.07) is 14.8. The predicted octanol–water partition coefficient (Wildman–Crippen LogP) is 3.54. The number of nitro groups is 1. The number of esters is 1. The third-order valence-electron chi connectivity index (χ3n) is 4.30. The summed E-state index contributed by atoms with van der Waals surface area (Å²) in [6.45, 7) is 2.09. The molecule has 1 heterocycles. The van der Waals surface area contributed by atoms with Crippen molar-refractivity contribution in [2.45, 2.75) is 12.8 Å². The van der Waals surface area contributed by atoms with Gasteiger partial charge >= 0.3 is 5.97 Å². The molecule has 1 aliphatic heterocycles. The van der Waals surface area contributed by atoms with Crippen molar-refractivity contribution in [3.05, 3.63) is 81.5 Å². The molecule has 0 radical (unpaired) electrons. The van der Waals surface area contributed by atoms with Crippen LogP contribution in [0.15, 0.2) is 54.7 Å². The van der Waals surface area contributed by atoms with E-state index in [4.69, 9.17) is 4.74 Å². The molecule has 0 N–H and O–H groups in total. The summed E-state index contributed by atoms with van der Waals surface area (Å²) in [7, 11) is 0. The second-order valence-corrected chi connectivity index (χ2v) is 6.08. The third kappa shape index (κ3) is 4.47. The van der Waals surface area contributed by atoms with Crippen molar-refractivity contribution in [2.75, 3.05) is 24.6 Å². The topological polar surface area (TPSA) is 72.7 Å². The van der Waals surface area contributed by atoms with Crippen LogP contribution in [0.2, 0.25) is 0 Å². The molecule has 6 heteroatoms. The van der Waals surface area contributed by atoms with Gasteiger partial charge in [0.2, 0.25) is 6.20 Å². The molecule has 26 heavy (non-hydrogen) atoms. The first-order chi connectivity index (χ1) is 12.6. The minimum atomic E-state index is -0.462. The lowest BCUT2D eigenvalue weighted by Crippen LogP contribution is -2.23. The molecular weight excluding hydrogens is 332 g/mol. The van der Waals surface area contributed by atoms with E-state index in [1.807, 2.05) is 36.4 Å². The van der Waals surface area contributed by atoms with Crippen molar-refractivity contribution in [3.8, 4) is 0 Å². The zero-order valence-electron chi connectivity index (χ0n) is 14.3. The summed E-state index contributed by atoms with van der Waals surface area (Å²) in [6.07, 6.45) is 4.13. The average molecular weight is 352 g/mol. The van der Waals surface area contributed by atoms with Gasteiger partial charge in [-0.3, -0.25) is 10.1 Å². The fourth-order valence-corrected chi connectivity index (χ4v) is 3.05. The SMILES string of the molecule is O=C(OCCCN1CCc2cc(C=C[N+](=O)[O-])ccc21)c1ccccc1. The molecule has 0 bridgehead atoms. The molecule has 0 atom stereocenters. The van der Waals surface area contributed by atoms with E-state index in [9.17, 15) is 14.9 Å². The highest BCUT2D eigenvalue weighted by atomic mass is 16.6. The molecule has 0 saturated carbocycles. The van der Waals surface area contributed by atoms with E-state index >= 15 is 0 Å². The molecule has 0 saturated heterocycles. The van der Waals surface area contributed by atoms with Crippen LogP contribution in [0.3, 0.4) is 0 Å². The highest BCUT2D eigenvalue weighted by Gasteiger charge is 2.18. The van der Waals surface area contributed by atoms with E-state index in [1.54, 1.807) is 12.1 Å². The van der Waals surface area contributed by atoms with Crippen LogP contribution in [0.25, 0.3) is 6.08 Å². The Bertz CT molecular complexity index is 818. The van der Waals surface area contributed by atoms with Crippen LogP contribution in [0.4, 0.5) is 5.69 Å². The number of benzene rings is 2. The van der Waals surface area contributed by atoms with Crippen LogP contribution < -0.4 is 4.90 Å². The molecule has 0 aromatic heterocycles. The summed E-state index contributed by atoms with van der Waals surface area (Å²) in [5.41, 5.74) is 3.74. The molecule has 2 aromatic rings. The summed E-state index contributed by atoms with van der Waals surface area (Å²) >= 11 is 0. The van der Waals surface area contributed by atoms with Crippen LogP contribution in [0.5, 0.6) is 0 Å². The maximum absolute atomic E-state index is 11.9. The van der Waals surface area contributed by atoms with E-state index in [-0.39, 0.29) is 5.97 Å². The third-order valence-corrected chi connectivity index (χ3v) is 4.30. The lowest BCUT2D eigenvalue weighted by Gasteiger charge is -2.19. The van der Waals surface area contributed by atoms with Gasteiger partial charge in [-0.1, -0.05) is 24.3 Å². The van der Waals surface area contributed by atoms with E-state index in [1.165, 1.54) is 11.6 Å². The summed E-state index contributed by atoms with van der Waals surface area (Å²) in [4.78, 5) is 24.1. The van der Waals surface area contributed by atoms with Gasteiger partial charge in [-0.05, 0) is 48.2 Å². The van der Waals surface area contributed by atoms with Crippen LogP contribution in [0.1, 0.15) is 27.9 Å². The lowest BCUT2D eigenvalue weighted by molar-refractivity contribution is -0.400. The molecule has 6 nitrogen and oxygen atoms in total. The maximum Gasteiger partial charge on any atom is 0.338 e. The minimum Gasteiger partial charge on any atom is -0.462 e. The molecular formula is C20H20N2O4. The number of anilines is 1. The molecule has 0 fully saturated rings. The highest BCUT2D eigenvalue weighted by molar-refractivity contribution is 5.89. The van der Waals surface area contributed by atoms with Gasteiger partial charge in [-0.2, -0.15) is 0 Å². The smallest absolute Gasteiger partial charge is 0.338 e. The van der Waals surface area contributed by atoms with Gasteiger partial charge < -0.3 is 9.64 Å². The van der Waals surface area contributed by atoms with Crippen molar-refractivity contribution >= 4 is 17.7 Å².